The second-order valence-corrected chi connectivity index (χ2v) is 9.72. The number of aryl methyl sites for hydroxylation is 1. The van der Waals surface area contributed by atoms with Crippen molar-refractivity contribution in [2.75, 3.05) is 12.3 Å². The van der Waals surface area contributed by atoms with E-state index in [1.165, 1.54) is 29.5 Å². The average molecular weight is 475 g/mol. The Labute approximate surface area is 191 Å². The normalized spacial score (nSPS) is 11.4. The summed E-state index contributed by atoms with van der Waals surface area (Å²) in [5.41, 5.74) is 3.02. The summed E-state index contributed by atoms with van der Waals surface area (Å²) in [5.74, 6) is 0.0416. The van der Waals surface area contributed by atoms with Gasteiger partial charge in [0.05, 0.1) is 16.3 Å². The number of nitrogens with two attached hydrogens (primary N) is 1. The van der Waals surface area contributed by atoms with Gasteiger partial charge in [0.1, 0.15) is 0 Å². The van der Waals surface area contributed by atoms with Crippen LogP contribution in [0.1, 0.15) is 30.9 Å². The summed E-state index contributed by atoms with van der Waals surface area (Å²) in [7, 11) is -3.70. The number of amides is 1. The number of aromatic nitrogens is 4. The van der Waals surface area contributed by atoms with E-state index in [0.29, 0.717) is 18.1 Å². The van der Waals surface area contributed by atoms with Gasteiger partial charge in [-0.25, -0.2) is 13.6 Å². The number of sulfonamides is 1. The van der Waals surface area contributed by atoms with Crippen LogP contribution in [0.25, 0.3) is 5.69 Å². The van der Waals surface area contributed by atoms with Gasteiger partial charge in [-0.3, -0.25) is 4.79 Å². The molecule has 0 spiro atoms. The summed E-state index contributed by atoms with van der Waals surface area (Å²) in [6.45, 7) is 2.60. The molecule has 9 nitrogen and oxygen atoms in total. The molecule has 0 unspecified atom stereocenters. The van der Waals surface area contributed by atoms with Crippen molar-refractivity contribution in [3.8, 4) is 5.69 Å². The Kier molecular flexibility index (Phi) is 8.37. The number of rotatable bonds is 11. The van der Waals surface area contributed by atoms with E-state index in [-0.39, 0.29) is 16.6 Å². The standard InChI is InChI=1S/C21H26N6O3S2/c1-2-3-4-16-5-9-18(10-6-16)27-21(24-25-26-27)31-15-20(28)23-14-13-17-7-11-19(12-8-17)32(22,29)30/h5-12H,2-4,13-15H2,1H3,(H,23,28)(H2,22,29,30). The number of benzene rings is 2. The van der Waals surface area contributed by atoms with E-state index in [2.05, 4.69) is 39.9 Å². The van der Waals surface area contributed by atoms with E-state index >= 15 is 0 Å². The molecule has 11 heteroatoms. The van der Waals surface area contributed by atoms with Gasteiger partial charge in [-0.1, -0.05) is 49.4 Å². The van der Waals surface area contributed by atoms with Gasteiger partial charge < -0.3 is 5.32 Å². The van der Waals surface area contributed by atoms with Crippen LogP contribution in [0, 0.1) is 0 Å². The zero-order valence-corrected chi connectivity index (χ0v) is 19.4. The van der Waals surface area contributed by atoms with Crippen molar-refractivity contribution >= 4 is 27.7 Å². The number of unbranched alkanes of at least 4 members (excludes halogenated alkanes) is 1. The molecule has 32 heavy (non-hydrogen) atoms. The lowest BCUT2D eigenvalue weighted by Crippen LogP contribution is -2.27. The molecule has 0 saturated carbocycles. The highest BCUT2D eigenvalue weighted by Gasteiger charge is 2.12. The molecule has 3 rings (SSSR count). The summed E-state index contributed by atoms with van der Waals surface area (Å²) in [6, 6.07) is 14.4. The van der Waals surface area contributed by atoms with Gasteiger partial charge in [0.15, 0.2) is 0 Å². The highest BCUT2D eigenvalue weighted by atomic mass is 32.2. The first-order valence-corrected chi connectivity index (χ1v) is 12.8. The van der Waals surface area contributed by atoms with Crippen molar-refractivity contribution in [1.29, 1.82) is 0 Å². The Morgan fingerprint density at radius 1 is 1.06 bits per heavy atom. The third-order valence-electron chi connectivity index (χ3n) is 4.76. The smallest absolute Gasteiger partial charge is 0.238 e. The molecule has 2 aromatic carbocycles. The zero-order chi connectivity index (χ0) is 23.0. The first-order valence-electron chi connectivity index (χ1n) is 10.3. The SMILES string of the molecule is CCCCc1ccc(-n2nnnc2SCC(=O)NCCc2ccc(S(N)(=O)=O)cc2)cc1. The van der Waals surface area contributed by atoms with E-state index < -0.39 is 10.0 Å². The molecular formula is C21H26N6O3S2. The van der Waals surface area contributed by atoms with Crippen LogP contribution < -0.4 is 10.5 Å². The van der Waals surface area contributed by atoms with E-state index in [0.717, 1.165) is 30.5 Å². The van der Waals surface area contributed by atoms with Crippen molar-refractivity contribution in [1.82, 2.24) is 25.5 Å². The lowest BCUT2D eigenvalue weighted by molar-refractivity contribution is -0.118. The molecule has 0 aliphatic heterocycles. The van der Waals surface area contributed by atoms with Gasteiger partial charge in [0.25, 0.3) is 0 Å². The molecule has 0 atom stereocenters. The highest BCUT2D eigenvalue weighted by Crippen LogP contribution is 2.19. The molecular weight excluding hydrogens is 448 g/mol. The van der Waals surface area contributed by atoms with E-state index in [1.807, 2.05) is 12.1 Å². The Morgan fingerprint density at radius 3 is 2.38 bits per heavy atom. The number of primary sulfonamides is 1. The van der Waals surface area contributed by atoms with Crippen LogP contribution in [0.15, 0.2) is 58.6 Å². The first kappa shape index (κ1) is 23.9. The number of nitrogens with one attached hydrogen (secondary N) is 1. The summed E-state index contributed by atoms with van der Waals surface area (Å²) >= 11 is 1.26. The number of thioether (sulfide) groups is 1. The number of carbonyl (C=O) groups is 1. The number of carbonyl (C=O) groups excluding carboxylic acids is 1. The van der Waals surface area contributed by atoms with Crippen molar-refractivity contribution in [2.24, 2.45) is 5.14 Å². The molecule has 3 aromatic rings. The van der Waals surface area contributed by atoms with Gasteiger partial charge in [0, 0.05) is 6.54 Å². The third kappa shape index (κ3) is 6.87. The van der Waals surface area contributed by atoms with Crippen LogP contribution in [-0.2, 0) is 27.7 Å². The first-order chi connectivity index (χ1) is 15.4. The topological polar surface area (TPSA) is 133 Å². The van der Waals surface area contributed by atoms with Gasteiger partial charge in [-0.15, -0.1) is 5.10 Å². The summed E-state index contributed by atoms with van der Waals surface area (Å²) in [5, 5.41) is 20.3. The molecule has 0 saturated heterocycles. The Morgan fingerprint density at radius 2 is 1.72 bits per heavy atom. The Bertz CT molecular complexity index is 1130. The largest absolute Gasteiger partial charge is 0.355 e. The minimum atomic E-state index is -3.70. The number of tetrazole rings is 1. The maximum atomic E-state index is 12.2. The third-order valence-corrected chi connectivity index (χ3v) is 6.61. The number of nitrogens with zero attached hydrogens (tertiary/aromatic N) is 4. The molecule has 0 fully saturated rings. The molecule has 0 bridgehead atoms. The fraction of sp³-hybridized carbons (Fsp3) is 0.333. The zero-order valence-electron chi connectivity index (χ0n) is 17.8. The van der Waals surface area contributed by atoms with E-state index in [1.54, 1.807) is 16.8 Å². The van der Waals surface area contributed by atoms with Crippen LogP contribution in [0.4, 0.5) is 0 Å². The predicted octanol–water partition coefficient (Wildman–Crippen LogP) is 2.10. The van der Waals surface area contributed by atoms with Crippen LogP contribution in [0.2, 0.25) is 0 Å². The minimum Gasteiger partial charge on any atom is -0.355 e. The van der Waals surface area contributed by atoms with Gasteiger partial charge >= 0.3 is 0 Å². The maximum absolute atomic E-state index is 12.2. The van der Waals surface area contributed by atoms with Crippen LogP contribution in [-0.4, -0.2) is 46.8 Å². The monoisotopic (exact) mass is 474 g/mol. The van der Waals surface area contributed by atoms with Gasteiger partial charge in [-0.2, -0.15) is 4.68 Å². The average Bonchev–Trinajstić information content (AvgIpc) is 3.25. The van der Waals surface area contributed by atoms with Crippen LogP contribution >= 0.6 is 11.8 Å². The summed E-state index contributed by atoms with van der Waals surface area (Å²) in [6.07, 6.45) is 3.93. The van der Waals surface area contributed by atoms with Crippen molar-refractivity contribution < 1.29 is 13.2 Å². The molecule has 3 N–H and O–H groups in total. The predicted molar refractivity (Wildman–Crippen MR) is 123 cm³/mol. The summed E-state index contributed by atoms with van der Waals surface area (Å²) in [4.78, 5) is 12.3. The van der Waals surface area contributed by atoms with E-state index in [9.17, 15) is 13.2 Å². The lowest BCUT2D eigenvalue weighted by Gasteiger charge is -2.07. The van der Waals surface area contributed by atoms with Crippen molar-refractivity contribution in [2.45, 2.75) is 42.7 Å². The van der Waals surface area contributed by atoms with E-state index in [4.69, 9.17) is 5.14 Å². The maximum Gasteiger partial charge on any atom is 0.238 e. The second kappa shape index (κ2) is 11.2. The van der Waals surface area contributed by atoms with Crippen LogP contribution in [0.5, 0.6) is 0 Å². The minimum absolute atomic E-state index is 0.0648. The quantitative estimate of drug-likeness (QED) is 0.407. The van der Waals surface area contributed by atoms with Gasteiger partial charge in [-0.05, 0) is 65.1 Å². The number of hydrogen-bond acceptors (Lipinski definition) is 7. The fourth-order valence-electron chi connectivity index (χ4n) is 2.99. The lowest BCUT2D eigenvalue weighted by atomic mass is 10.1. The molecule has 1 heterocycles. The Balaban J connectivity index is 1.47. The van der Waals surface area contributed by atoms with Crippen molar-refractivity contribution in [3.63, 3.8) is 0 Å². The molecule has 0 aliphatic carbocycles. The second-order valence-electron chi connectivity index (χ2n) is 7.22. The Hall–Kier alpha value is -2.76. The van der Waals surface area contributed by atoms with Gasteiger partial charge in [0.2, 0.25) is 21.1 Å². The molecule has 170 valence electrons. The van der Waals surface area contributed by atoms with Crippen LogP contribution in [0.3, 0.4) is 0 Å². The molecule has 0 aliphatic rings. The van der Waals surface area contributed by atoms with Crippen molar-refractivity contribution in [3.05, 3.63) is 59.7 Å². The fourth-order valence-corrected chi connectivity index (χ4v) is 4.23. The molecule has 1 aromatic heterocycles. The molecule has 1 amide bonds. The molecule has 0 radical (unpaired) electrons. The summed E-state index contributed by atoms with van der Waals surface area (Å²) < 4.78 is 24.2. The highest BCUT2D eigenvalue weighted by molar-refractivity contribution is 7.99. The number of hydrogen-bond donors (Lipinski definition) is 2.